The van der Waals surface area contributed by atoms with Crippen LogP contribution in [0.25, 0.3) is 0 Å². The third-order valence-electron chi connectivity index (χ3n) is 2.52. The van der Waals surface area contributed by atoms with Gasteiger partial charge in [-0.2, -0.15) is 0 Å². The summed E-state index contributed by atoms with van der Waals surface area (Å²) in [5.41, 5.74) is 0. The highest BCUT2D eigenvalue weighted by molar-refractivity contribution is 5.66. The maximum absolute atomic E-state index is 10.4. The summed E-state index contributed by atoms with van der Waals surface area (Å²) in [6, 6.07) is 0. The molecular weight excluding hydrogens is 190 g/mol. The molecule has 0 aliphatic rings. The summed E-state index contributed by atoms with van der Waals surface area (Å²) >= 11 is 0. The number of rotatable bonds is 10. The molecule has 0 atom stereocenters. The first-order valence-electron chi connectivity index (χ1n) is 6.14. The molecule has 0 amide bonds. The second-order valence-electron chi connectivity index (χ2n) is 4.05. The molecular formula is C12H25NO2. The molecule has 0 saturated carbocycles. The SMILES string of the molecule is CCCCN(CCCC)CCCC(=O)O. The van der Waals surface area contributed by atoms with Gasteiger partial charge in [0.05, 0.1) is 0 Å². The summed E-state index contributed by atoms with van der Waals surface area (Å²) in [4.78, 5) is 12.8. The zero-order valence-corrected chi connectivity index (χ0v) is 10.2. The van der Waals surface area contributed by atoms with E-state index in [2.05, 4.69) is 18.7 Å². The lowest BCUT2D eigenvalue weighted by Crippen LogP contribution is -2.27. The monoisotopic (exact) mass is 215 g/mol. The fourth-order valence-corrected chi connectivity index (χ4v) is 1.55. The Labute approximate surface area is 93.5 Å². The maximum Gasteiger partial charge on any atom is 0.303 e. The van der Waals surface area contributed by atoms with Crippen molar-refractivity contribution in [1.82, 2.24) is 4.90 Å². The quantitative estimate of drug-likeness (QED) is 0.609. The van der Waals surface area contributed by atoms with Gasteiger partial charge in [-0.25, -0.2) is 0 Å². The van der Waals surface area contributed by atoms with Crippen LogP contribution in [0.15, 0.2) is 0 Å². The zero-order valence-electron chi connectivity index (χ0n) is 10.2. The number of carboxylic acids is 1. The molecule has 1 N–H and O–H groups in total. The number of aliphatic carboxylic acids is 1. The smallest absolute Gasteiger partial charge is 0.303 e. The highest BCUT2D eigenvalue weighted by atomic mass is 16.4. The minimum absolute atomic E-state index is 0.300. The van der Waals surface area contributed by atoms with Crippen LogP contribution in [-0.4, -0.2) is 35.6 Å². The van der Waals surface area contributed by atoms with Crippen molar-refractivity contribution >= 4 is 5.97 Å². The molecule has 0 heterocycles. The van der Waals surface area contributed by atoms with E-state index in [-0.39, 0.29) is 0 Å². The Hall–Kier alpha value is -0.570. The first-order chi connectivity index (χ1) is 7.20. The molecule has 0 bridgehead atoms. The van der Waals surface area contributed by atoms with Gasteiger partial charge in [0.2, 0.25) is 0 Å². The van der Waals surface area contributed by atoms with E-state index >= 15 is 0 Å². The van der Waals surface area contributed by atoms with E-state index in [4.69, 9.17) is 5.11 Å². The van der Waals surface area contributed by atoms with Crippen molar-refractivity contribution in [3.63, 3.8) is 0 Å². The molecule has 0 aliphatic carbocycles. The summed E-state index contributed by atoms with van der Waals surface area (Å²) in [6.45, 7) is 7.56. The van der Waals surface area contributed by atoms with E-state index in [1.807, 2.05) is 0 Å². The number of hydrogen-bond acceptors (Lipinski definition) is 2. The van der Waals surface area contributed by atoms with Gasteiger partial charge in [-0.15, -0.1) is 0 Å². The first-order valence-corrected chi connectivity index (χ1v) is 6.14. The van der Waals surface area contributed by atoms with Crippen molar-refractivity contribution in [2.75, 3.05) is 19.6 Å². The molecule has 0 aromatic carbocycles. The first kappa shape index (κ1) is 14.4. The predicted molar refractivity (Wildman–Crippen MR) is 63.1 cm³/mol. The highest BCUT2D eigenvalue weighted by Crippen LogP contribution is 2.01. The van der Waals surface area contributed by atoms with E-state index in [0.29, 0.717) is 6.42 Å². The third kappa shape index (κ3) is 9.73. The van der Waals surface area contributed by atoms with E-state index in [9.17, 15) is 4.79 Å². The van der Waals surface area contributed by atoms with Crippen molar-refractivity contribution < 1.29 is 9.90 Å². The molecule has 3 heteroatoms. The number of carboxylic acid groups (broad SMARTS) is 1. The molecule has 0 radical (unpaired) electrons. The number of carbonyl (C=O) groups is 1. The lowest BCUT2D eigenvalue weighted by atomic mass is 10.2. The Kier molecular flexibility index (Phi) is 9.59. The number of hydrogen-bond donors (Lipinski definition) is 1. The van der Waals surface area contributed by atoms with Gasteiger partial charge in [0.15, 0.2) is 0 Å². The Morgan fingerprint density at radius 3 is 1.87 bits per heavy atom. The largest absolute Gasteiger partial charge is 0.481 e. The van der Waals surface area contributed by atoms with Gasteiger partial charge in [-0.1, -0.05) is 26.7 Å². The van der Waals surface area contributed by atoms with Crippen LogP contribution in [0.1, 0.15) is 52.4 Å². The average Bonchev–Trinajstić information content (AvgIpc) is 2.20. The zero-order chi connectivity index (χ0) is 11.5. The molecule has 3 nitrogen and oxygen atoms in total. The fourth-order valence-electron chi connectivity index (χ4n) is 1.55. The summed E-state index contributed by atoms with van der Waals surface area (Å²) in [5, 5.41) is 8.56. The normalized spacial score (nSPS) is 10.9. The molecule has 0 aliphatic heterocycles. The summed E-state index contributed by atoms with van der Waals surface area (Å²) in [6.07, 6.45) is 5.94. The van der Waals surface area contributed by atoms with Crippen LogP contribution < -0.4 is 0 Å². The van der Waals surface area contributed by atoms with Gasteiger partial charge in [0, 0.05) is 6.42 Å². The average molecular weight is 215 g/mol. The van der Waals surface area contributed by atoms with Gasteiger partial charge < -0.3 is 10.0 Å². The summed E-state index contributed by atoms with van der Waals surface area (Å²) < 4.78 is 0. The Bertz CT molecular complexity index is 152. The van der Waals surface area contributed by atoms with Crippen LogP contribution in [0.4, 0.5) is 0 Å². The van der Waals surface area contributed by atoms with Crippen LogP contribution in [-0.2, 0) is 4.79 Å². The molecule has 0 rings (SSSR count). The molecule has 0 fully saturated rings. The second kappa shape index (κ2) is 9.97. The van der Waals surface area contributed by atoms with Crippen molar-refractivity contribution in [3.05, 3.63) is 0 Å². The highest BCUT2D eigenvalue weighted by Gasteiger charge is 2.04. The Balaban J connectivity index is 3.63. The van der Waals surface area contributed by atoms with Crippen molar-refractivity contribution in [3.8, 4) is 0 Å². The lowest BCUT2D eigenvalue weighted by Gasteiger charge is -2.21. The number of unbranched alkanes of at least 4 members (excludes halogenated alkanes) is 2. The van der Waals surface area contributed by atoms with Gasteiger partial charge in [-0.05, 0) is 38.9 Å². The van der Waals surface area contributed by atoms with Gasteiger partial charge >= 0.3 is 5.97 Å². The van der Waals surface area contributed by atoms with Gasteiger partial charge in [0.25, 0.3) is 0 Å². The molecule has 0 aromatic heterocycles. The third-order valence-corrected chi connectivity index (χ3v) is 2.52. The molecule has 0 saturated heterocycles. The standard InChI is InChI=1S/C12H25NO2/c1-3-5-9-13(10-6-4-2)11-7-8-12(14)15/h3-11H2,1-2H3,(H,14,15). The minimum atomic E-state index is -0.680. The fraction of sp³-hybridized carbons (Fsp3) is 0.917. The predicted octanol–water partition coefficient (Wildman–Crippen LogP) is 2.75. The minimum Gasteiger partial charge on any atom is -0.481 e. The van der Waals surface area contributed by atoms with E-state index in [1.165, 1.54) is 25.7 Å². The molecule has 0 spiro atoms. The summed E-state index contributed by atoms with van der Waals surface area (Å²) in [5.74, 6) is -0.680. The molecule has 90 valence electrons. The topological polar surface area (TPSA) is 40.5 Å². The van der Waals surface area contributed by atoms with Gasteiger partial charge in [-0.3, -0.25) is 4.79 Å². The lowest BCUT2D eigenvalue weighted by molar-refractivity contribution is -0.137. The van der Waals surface area contributed by atoms with Crippen molar-refractivity contribution in [2.24, 2.45) is 0 Å². The molecule has 0 aromatic rings. The van der Waals surface area contributed by atoms with Crippen LogP contribution in [0.5, 0.6) is 0 Å². The molecule has 0 unspecified atom stereocenters. The van der Waals surface area contributed by atoms with E-state index in [1.54, 1.807) is 0 Å². The maximum atomic E-state index is 10.4. The summed E-state index contributed by atoms with van der Waals surface area (Å²) in [7, 11) is 0. The van der Waals surface area contributed by atoms with E-state index in [0.717, 1.165) is 26.1 Å². The Morgan fingerprint density at radius 1 is 1.00 bits per heavy atom. The number of nitrogens with zero attached hydrogens (tertiary/aromatic N) is 1. The van der Waals surface area contributed by atoms with Crippen molar-refractivity contribution in [1.29, 1.82) is 0 Å². The van der Waals surface area contributed by atoms with Crippen LogP contribution in [0.3, 0.4) is 0 Å². The van der Waals surface area contributed by atoms with Crippen molar-refractivity contribution in [2.45, 2.75) is 52.4 Å². The van der Waals surface area contributed by atoms with Crippen LogP contribution in [0, 0.1) is 0 Å². The van der Waals surface area contributed by atoms with Crippen LogP contribution in [0.2, 0.25) is 0 Å². The second-order valence-corrected chi connectivity index (χ2v) is 4.05. The van der Waals surface area contributed by atoms with E-state index < -0.39 is 5.97 Å². The van der Waals surface area contributed by atoms with Crippen LogP contribution >= 0.6 is 0 Å². The Morgan fingerprint density at radius 2 is 1.47 bits per heavy atom. The van der Waals surface area contributed by atoms with Gasteiger partial charge in [0.1, 0.15) is 0 Å². The molecule has 15 heavy (non-hydrogen) atoms.